The summed E-state index contributed by atoms with van der Waals surface area (Å²) in [7, 11) is 1.74. The van der Waals surface area contributed by atoms with E-state index in [1.807, 2.05) is 0 Å². The van der Waals surface area contributed by atoms with Crippen molar-refractivity contribution >= 4 is 11.6 Å². The highest BCUT2D eigenvalue weighted by Crippen LogP contribution is 2.27. The minimum absolute atomic E-state index is 0.236. The molecule has 0 fully saturated rings. The van der Waals surface area contributed by atoms with E-state index in [1.54, 1.807) is 25.2 Å². The van der Waals surface area contributed by atoms with Gasteiger partial charge in [-0.2, -0.15) is 0 Å². The van der Waals surface area contributed by atoms with Crippen LogP contribution in [0.2, 0.25) is 5.02 Å². The van der Waals surface area contributed by atoms with E-state index in [9.17, 15) is 8.78 Å². The first-order chi connectivity index (χ1) is 9.11. The van der Waals surface area contributed by atoms with Gasteiger partial charge in [0, 0.05) is 11.1 Å². The lowest BCUT2D eigenvalue weighted by Crippen LogP contribution is -2.20. The van der Waals surface area contributed by atoms with Crippen LogP contribution in [0.3, 0.4) is 0 Å². The number of benzene rings is 2. The van der Waals surface area contributed by atoms with Gasteiger partial charge in [0.15, 0.2) is 0 Å². The molecule has 2 rings (SSSR count). The zero-order valence-corrected chi connectivity index (χ0v) is 11.2. The van der Waals surface area contributed by atoms with Crippen molar-refractivity contribution in [1.29, 1.82) is 0 Å². The molecular weight excluding hydrogens is 268 g/mol. The third-order valence-corrected chi connectivity index (χ3v) is 3.41. The van der Waals surface area contributed by atoms with E-state index in [0.29, 0.717) is 22.6 Å². The van der Waals surface area contributed by atoms with Gasteiger partial charge in [0.05, 0.1) is 0 Å². The van der Waals surface area contributed by atoms with Crippen LogP contribution in [0.4, 0.5) is 8.78 Å². The molecule has 0 bridgehead atoms. The van der Waals surface area contributed by atoms with E-state index in [-0.39, 0.29) is 17.7 Å². The second kappa shape index (κ2) is 6.13. The maximum atomic E-state index is 13.6. The minimum Gasteiger partial charge on any atom is -0.313 e. The van der Waals surface area contributed by atoms with Crippen molar-refractivity contribution in [2.75, 3.05) is 7.05 Å². The van der Waals surface area contributed by atoms with E-state index in [1.165, 1.54) is 24.3 Å². The second-order valence-electron chi connectivity index (χ2n) is 4.30. The SMILES string of the molecule is CNC(Cc1ccccc1F)c1cc(F)ccc1Cl. The molecule has 0 saturated carbocycles. The summed E-state index contributed by atoms with van der Waals surface area (Å²) in [6.07, 6.45) is 0.409. The number of likely N-dealkylation sites (N-methyl/N-ethyl adjacent to an activating group) is 1. The van der Waals surface area contributed by atoms with Crippen molar-refractivity contribution in [2.45, 2.75) is 12.5 Å². The molecule has 0 heterocycles. The van der Waals surface area contributed by atoms with Crippen LogP contribution < -0.4 is 5.32 Å². The number of rotatable bonds is 4. The summed E-state index contributed by atoms with van der Waals surface area (Å²) in [4.78, 5) is 0. The Balaban J connectivity index is 2.30. The summed E-state index contributed by atoms with van der Waals surface area (Å²) >= 11 is 6.08. The average Bonchev–Trinajstić information content (AvgIpc) is 2.41. The van der Waals surface area contributed by atoms with Crippen molar-refractivity contribution < 1.29 is 8.78 Å². The predicted molar refractivity (Wildman–Crippen MR) is 73.3 cm³/mol. The molecule has 100 valence electrons. The average molecular weight is 282 g/mol. The third-order valence-electron chi connectivity index (χ3n) is 3.06. The molecule has 19 heavy (non-hydrogen) atoms. The van der Waals surface area contributed by atoms with Crippen LogP contribution in [0.5, 0.6) is 0 Å². The topological polar surface area (TPSA) is 12.0 Å². The highest BCUT2D eigenvalue weighted by molar-refractivity contribution is 6.31. The maximum absolute atomic E-state index is 13.6. The van der Waals surface area contributed by atoms with Crippen molar-refractivity contribution in [1.82, 2.24) is 5.32 Å². The van der Waals surface area contributed by atoms with Gasteiger partial charge in [0.2, 0.25) is 0 Å². The van der Waals surface area contributed by atoms with Gasteiger partial charge in [0.1, 0.15) is 11.6 Å². The Kier molecular flexibility index (Phi) is 4.51. The summed E-state index contributed by atoms with van der Waals surface area (Å²) < 4.78 is 26.9. The molecule has 0 aliphatic carbocycles. The molecule has 2 aromatic rings. The number of hydrogen-bond donors (Lipinski definition) is 1. The van der Waals surface area contributed by atoms with Gasteiger partial charge in [-0.1, -0.05) is 29.8 Å². The van der Waals surface area contributed by atoms with E-state index in [0.717, 1.165) is 0 Å². The zero-order valence-electron chi connectivity index (χ0n) is 10.5. The Labute approximate surface area is 116 Å². The number of hydrogen-bond acceptors (Lipinski definition) is 1. The quantitative estimate of drug-likeness (QED) is 0.889. The normalized spacial score (nSPS) is 12.4. The van der Waals surface area contributed by atoms with E-state index >= 15 is 0 Å². The van der Waals surface area contributed by atoms with Crippen molar-refractivity contribution in [3.05, 3.63) is 70.2 Å². The van der Waals surface area contributed by atoms with Crippen molar-refractivity contribution in [3.8, 4) is 0 Å². The Morgan fingerprint density at radius 1 is 1.16 bits per heavy atom. The zero-order chi connectivity index (χ0) is 13.8. The highest BCUT2D eigenvalue weighted by atomic mass is 35.5. The van der Waals surface area contributed by atoms with Gasteiger partial charge >= 0.3 is 0 Å². The van der Waals surface area contributed by atoms with Crippen LogP contribution in [0.1, 0.15) is 17.2 Å². The fourth-order valence-corrected chi connectivity index (χ4v) is 2.28. The highest BCUT2D eigenvalue weighted by Gasteiger charge is 2.16. The molecule has 0 aliphatic heterocycles. The van der Waals surface area contributed by atoms with Gasteiger partial charge in [-0.15, -0.1) is 0 Å². The van der Waals surface area contributed by atoms with Gasteiger partial charge in [0.25, 0.3) is 0 Å². The molecule has 0 amide bonds. The van der Waals surface area contributed by atoms with Crippen LogP contribution in [0, 0.1) is 11.6 Å². The molecule has 1 nitrogen and oxygen atoms in total. The molecule has 2 aromatic carbocycles. The molecule has 0 aromatic heterocycles. The van der Waals surface area contributed by atoms with Gasteiger partial charge in [-0.25, -0.2) is 8.78 Å². The lowest BCUT2D eigenvalue weighted by Gasteiger charge is -2.18. The summed E-state index contributed by atoms with van der Waals surface area (Å²) in [5.74, 6) is -0.622. The molecule has 0 spiro atoms. The molecular formula is C15H14ClF2N. The monoisotopic (exact) mass is 281 g/mol. The molecule has 0 aliphatic rings. The molecule has 4 heteroatoms. The first-order valence-corrected chi connectivity index (χ1v) is 6.35. The molecule has 1 unspecified atom stereocenters. The Morgan fingerprint density at radius 3 is 2.58 bits per heavy atom. The fraction of sp³-hybridized carbons (Fsp3) is 0.200. The van der Waals surface area contributed by atoms with Crippen LogP contribution in [-0.4, -0.2) is 7.05 Å². The molecule has 1 N–H and O–H groups in total. The number of halogens is 3. The second-order valence-corrected chi connectivity index (χ2v) is 4.71. The van der Waals surface area contributed by atoms with Crippen LogP contribution in [0.25, 0.3) is 0 Å². The standard InChI is InChI=1S/C15H14ClF2N/c1-19-15(8-10-4-2-3-5-14(10)18)12-9-11(17)6-7-13(12)16/h2-7,9,15,19H,8H2,1H3. The Morgan fingerprint density at radius 2 is 1.89 bits per heavy atom. The van der Waals surface area contributed by atoms with E-state index < -0.39 is 0 Å². The van der Waals surface area contributed by atoms with Crippen LogP contribution >= 0.6 is 11.6 Å². The van der Waals surface area contributed by atoms with E-state index in [4.69, 9.17) is 11.6 Å². The summed E-state index contributed by atoms with van der Waals surface area (Å²) in [5.41, 5.74) is 1.20. The first kappa shape index (κ1) is 14.0. The van der Waals surface area contributed by atoms with Crippen molar-refractivity contribution in [2.24, 2.45) is 0 Å². The van der Waals surface area contributed by atoms with Crippen LogP contribution in [-0.2, 0) is 6.42 Å². The van der Waals surface area contributed by atoms with Gasteiger partial charge in [-0.05, 0) is 48.9 Å². The lowest BCUT2D eigenvalue weighted by atomic mass is 9.98. The van der Waals surface area contributed by atoms with Crippen molar-refractivity contribution in [3.63, 3.8) is 0 Å². The molecule has 0 radical (unpaired) electrons. The smallest absolute Gasteiger partial charge is 0.126 e. The van der Waals surface area contributed by atoms with E-state index in [2.05, 4.69) is 5.32 Å². The fourth-order valence-electron chi connectivity index (χ4n) is 2.03. The molecule has 0 saturated heterocycles. The predicted octanol–water partition coefficient (Wildman–Crippen LogP) is 4.12. The van der Waals surface area contributed by atoms with Gasteiger partial charge < -0.3 is 5.32 Å². The lowest BCUT2D eigenvalue weighted by molar-refractivity contribution is 0.549. The maximum Gasteiger partial charge on any atom is 0.126 e. The Hall–Kier alpha value is -1.45. The largest absolute Gasteiger partial charge is 0.313 e. The molecule has 1 atom stereocenters. The third kappa shape index (κ3) is 3.31. The summed E-state index contributed by atoms with van der Waals surface area (Å²) in [6.45, 7) is 0. The summed E-state index contributed by atoms with van der Waals surface area (Å²) in [6, 6.07) is 10.5. The summed E-state index contributed by atoms with van der Waals surface area (Å²) in [5, 5.41) is 3.51. The van der Waals surface area contributed by atoms with Gasteiger partial charge in [-0.3, -0.25) is 0 Å². The minimum atomic E-state index is -0.354. The Bertz CT molecular complexity index is 572. The number of nitrogens with one attached hydrogen (secondary N) is 1. The van der Waals surface area contributed by atoms with Crippen LogP contribution in [0.15, 0.2) is 42.5 Å². The first-order valence-electron chi connectivity index (χ1n) is 5.97.